The number of ether oxygens (including phenoxy) is 1. The number of rotatable bonds is 5. The molecule has 3 rings (SSSR count). The molecule has 1 saturated carbocycles. The quantitative estimate of drug-likeness (QED) is 0.885. The van der Waals surface area contributed by atoms with Gasteiger partial charge in [-0.15, -0.1) is 0 Å². The van der Waals surface area contributed by atoms with Crippen LogP contribution in [0.3, 0.4) is 0 Å². The Morgan fingerprint density at radius 1 is 1.32 bits per heavy atom. The summed E-state index contributed by atoms with van der Waals surface area (Å²) in [6.07, 6.45) is 2.61. The van der Waals surface area contributed by atoms with E-state index in [0.717, 1.165) is 23.6 Å². The smallest absolute Gasteiger partial charge is 0.344 e. The van der Waals surface area contributed by atoms with Crippen molar-refractivity contribution in [1.82, 2.24) is 4.98 Å². The highest BCUT2D eigenvalue weighted by Crippen LogP contribution is 2.30. The highest BCUT2D eigenvalue weighted by Gasteiger charge is 2.29. The first-order chi connectivity index (χ1) is 10.5. The molecule has 2 aromatic rings. The summed E-state index contributed by atoms with van der Waals surface area (Å²) in [5.74, 6) is 0.125. The normalized spacial score (nSPS) is 15.3. The number of aromatic nitrogens is 1. The fraction of sp³-hybridized carbons (Fsp3) is 0.312. The minimum Gasteiger partial charge on any atom is -0.479 e. The Kier molecular flexibility index (Phi) is 3.66. The molecule has 0 bridgehead atoms. The number of benzene rings is 1. The van der Waals surface area contributed by atoms with Crippen LogP contribution in [0.4, 0.5) is 5.82 Å². The second-order valence-corrected chi connectivity index (χ2v) is 5.44. The summed E-state index contributed by atoms with van der Waals surface area (Å²) in [5, 5.41) is 13.4. The highest BCUT2D eigenvalue weighted by atomic mass is 16.5. The van der Waals surface area contributed by atoms with Gasteiger partial charge in [0.1, 0.15) is 11.6 Å². The highest BCUT2D eigenvalue weighted by molar-refractivity contribution is 5.95. The van der Waals surface area contributed by atoms with E-state index < -0.39 is 12.1 Å². The summed E-state index contributed by atoms with van der Waals surface area (Å²) in [7, 11) is 0. The molecule has 1 heterocycles. The van der Waals surface area contributed by atoms with Gasteiger partial charge in [-0.3, -0.25) is 4.79 Å². The monoisotopic (exact) mass is 300 g/mol. The molecule has 1 amide bonds. The van der Waals surface area contributed by atoms with E-state index >= 15 is 0 Å². The second-order valence-electron chi connectivity index (χ2n) is 5.44. The number of hydrogen-bond acceptors (Lipinski definition) is 4. The van der Waals surface area contributed by atoms with Gasteiger partial charge in [-0.1, -0.05) is 6.07 Å². The Balaban J connectivity index is 1.78. The first-order valence-electron chi connectivity index (χ1n) is 7.13. The molecule has 2 N–H and O–H groups in total. The summed E-state index contributed by atoms with van der Waals surface area (Å²) in [4.78, 5) is 26.7. The van der Waals surface area contributed by atoms with Crippen LogP contribution in [0.15, 0.2) is 30.5 Å². The minimum atomic E-state index is -1.02. The van der Waals surface area contributed by atoms with Gasteiger partial charge in [-0.25, -0.2) is 9.78 Å². The van der Waals surface area contributed by atoms with Crippen LogP contribution in [0.1, 0.15) is 19.8 Å². The summed E-state index contributed by atoms with van der Waals surface area (Å²) in [6, 6.07) is 7.04. The van der Waals surface area contributed by atoms with Crippen LogP contribution in [-0.2, 0) is 9.59 Å². The fourth-order valence-corrected chi connectivity index (χ4v) is 2.09. The van der Waals surface area contributed by atoms with E-state index in [-0.39, 0.29) is 11.8 Å². The van der Waals surface area contributed by atoms with Crippen molar-refractivity contribution >= 4 is 28.5 Å². The SMILES string of the molecule is CC(Oc1ccc2cc(NC(=O)C3CC3)ncc2c1)C(=O)O. The molecule has 6 heteroatoms. The van der Waals surface area contributed by atoms with E-state index in [9.17, 15) is 9.59 Å². The summed E-state index contributed by atoms with van der Waals surface area (Å²) >= 11 is 0. The van der Waals surface area contributed by atoms with Gasteiger partial charge in [0.05, 0.1) is 0 Å². The largest absolute Gasteiger partial charge is 0.479 e. The van der Waals surface area contributed by atoms with Crippen LogP contribution < -0.4 is 10.1 Å². The molecule has 0 radical (unpaired) electrons. The third-order valence-electron chi connectivity index (χ3n) is 3.55. The molecule has 1 aliphatic carbocycles. The topological polar surface area (TPSA) is 88.5 Å². The Morgan fingerprint density at radius 2 is 2.09 bits per heavy atom. The lowest BCUT2D eigenvalue weighted by molar-refractivity contribution is -0.144. The molecule has 6 nitrogen and oxygen atoms in total. The zero-order valence-electron chi connectivity index (χ0n) is 12.1. The Labute approximate surface area is 127 Å². The zero-order valence-corrected chi connectivity index (χ0v) is 12.1. The van der Waals surface area contributed by atoms with Crippen molar-refractivity contribution in [2.75, 3.05) is 5.32 Å². The molecule has 1 unspecified atom stereocenters. The molecule has 0 spiro atoms. The van der Waals surface area contributed by atoms with Crippen molar-refractivity contribution in [3.05, 3.63) is 30.5 Å². The lowest BCUT2D eigenvalue weighted by atomic mass is 10.1. The van der Waals surface area contributed by atoms with Crippen LogP contribution in [0, 0.1) is 5.92 Å². The van der Waals surface area contributed by atoms with Crippen molar-refractivity contribution in [2.45, 2.75) is 25.9 Å². The maximum atomic E-state index is 11.7. The van der Waals surface area contributed by atoms with Crippen molar-refractivity contribution < 1.29 is 19.4 Å². The molecule has 0 saturated heterocycles. The summed E-state index contributed by atoms with van der Waals surface area (Å²) in [5.41, 5.74) is 0. The summed E-state index contributed by atoms with van der Waals surface area (Å²) in [6.45, 7) is 1.47. The Hall–Kier alpha value is -2.63. The van der Waals surface area contributed by atoms with Gasteiger partial charge >= 0.3 is 5.97 Å². The molecule has 114 valence electrons. The Bertz CT molecular complexity index is 740. The summed E-state index contributed by atoms with van der Waals surface area (Å²) < 4.78 is 5.32. The fourth-order valence-electron chi connectivity index (χ4n) is 2.09. The molecule has 22 heavy (non-hydrogen) atoms. The number of nitrogens with one attached hydrogen (secondary N) is 1. The van der Waals surface area contributed by atoms with Crippen LogP contribution in [0.2, 0.25) is 0 Å². The third-order valence-corrected chi connectivity index (χ3v) is 3.55. The number of carbonyl (C=O) groups is 2. The number of fused-ring (bicyclic) bond motifs is 1. The van der Waals surface area contributed by atoms with Gasteiger partial charge in [0.15, 0.2) is 6.10 Å². The van der Waals surface area contributed by atoms with E-state index in [0.29, 0.717) is 11.6 Å². The number of hydrogen-bond donors (Lipinski definition) is 2. The van der Waals surface area contributed by atoms with Crippen LogP contribution in [0.5, 0.6) is 5.75 Å². The average molecular weight is 300 g/mol. The molecule has 1 aromatic carbocycles. The minimum absolute atomic E-state index is 0.0158. The van der Waals surface area contributed by atoms with E-state index in [1.54, 1.807) is 24.4 Å². The number of pyridine rings is 1. The average Bonchev–Trinajstić information content (AvgIpc) is 3.32. The predicted molar refractivity (Wildman–Crippen MR) is 80.8 cm³/mol. The number of carboxylic acid groups (broad SMARTS) is 1. The number of amides is 1. The van der Waals surface area contributed by atoms with Gasteiger partial charge in [0, 0.05) is 17.5 Å². The zero-order chi connectivity index (χ0) is 15.7. The van der Waals surface area contributed by atoms with Crippen LogP contribution in [0.25, 0.3) is 10.8 Å². The number of aliphatic carboxylic acids is 1. The van der Waals surface area contributed by atoms with E-state index in [1.807, 2.05) is 6.07 Å². The first-order valence-corrected chi connectivity index (χ1v) is 7.13. The number of nitrogens with zero attached hydrogens (tertiary/aromatic N) is 1. The molecule has 1 fully saturated rings. The third kappa shape index (κ3) is 3.16. The molecular formula is C16H16N2O4. The standard InChI is InChI=1S/C16H16N2O4/c1-9(16(20)21)22-13-5-4-11-7-14(17-8-12(11)6-13)18-15(19)10-2-3-10/h4-10H,2-3H2,1H3,(H,20,21)(H,17,18,19). The molecule has 1 atom stereocenters. The van der Waals surface area contributed by atoms with Gasteiger partial charge in [0.25, 0.3) is 0 Å². The molecule has 1 aromatic heterocycles. The maximum Gasteiger partial charge on any atom is 0.344 e. The maximum absolute atomic E-state index is 11.7. The molecule has 1 aliphatic rings. The van der Waals surface area contributed by atoms with E-state index in [1.165, 1.54) is 6.92 Å². The van der Waals surface area contributed by atoms with E-state index in [2.05, 4.69) is 10.3 Å². The number of carbonyl (C=O) groups excluding carboxylic acids is 1. The Morgan fingerprint density at radius 3 is 2.77 bits per heavy atom. The van der Waals surface area contributed by atoms with Crippen molar-refractivity contribution in [3.63, 3.8) is 0 Å². The van der Waals surface area contributed by atoms with Gasteiger partial charge < -0.3 is 15.2 Å². The predicted octanol–water partition coefficient (Wildman–Crippen LogP) is 2.44. The van der Waals surface area contributed by atoms with E-state index in [4.69, 9.17) is 9.84 Å². The van der Waals surface area contributed by atoms with Gasteiger partial charge in [-0.05, 0) is 43.4 Å². The van der Waals surface area contributed by atoms with Gasteiger partial charge in [0.2, 0.25) is 5.91 Å². The molecule has 0 aliphatic heterocycles. The lowest BCUT2D eigenvalue weighted by Crippen LogP contribution is -2.22. The molecular weight excluding hydrogens is 284 g/mol. The second kappa shape index (κ2) is 5.63. The number of carboxylic acids is 1. The van der Waals surface area contributed by atoms with Crippen molar-refractivity contribution in [3.8, 4) is 5.75 Å². The van der Waals surface area contributed by atoms with Crippen LogP contribution in [-0.4, -0.2) is 28.1 Å². The first kappa shape index (κ1) is 14.3. The van der Waals surface area contributed by atoms with Crippen molar-refractivity contribution in [2.24, 2.45) is 5.92 Å². The number of anilines is 1. The van der Waals surface area contributed by atoms with Gasteiger partial charge in [-0.2, -0.15) is 0 Å². The lowest BCUT2D eigenvalue weighted by Gasteiger charge is -2.11. The van der Waals surface area contributed by atoms with Crippen LogP contribution >= 0.6 is 0 Å². The van der Waals surface area contributed by atoms with Crippen molar-refractivity contribution in [1.29, 1.82) is 0 Å².